The van der Waals surface area contributed by atoms with E-state index in [9.17, 15) is 0 Å². The third kappa shape index (κ3) is 6.84. The number of hydrogen-bond acceptors (Lipinski definition) is 3. The van der Waals surface area contributed by atoms with Crippen molar-refractivity contribution in [2.45, 2.75) is 13.8 Å². The summed E-state index contributed by atoms with van der Waals surface area (Å²) in [6, 6.07) is 83.8. The van der Waals surface area contributed by atoms with Gasteiger partial charge in [0.1, 0.15) is 0 Å². The quantitative estimate of drug-likeness (QED) is 0.136. The Labute approximate surface area is 376 Å². The average Bonchev–Trinajstić information content (AvgIpc) is 3.67. The first-order valence-electron chi connectivity index (χ1n) is 21.9. The Morgan fingerprint density at radius 1 is 0.344 bits per heavy atom. The predicted octanol–water partition coefficient (Wildman–Crippen LogP) is 11.6. The van der Waals surface area contributed by atoms with Crippen LogP contribution in [0.4, 0.5) is 0 Å². The molecular weight excluding hydrogens is 837 g/mol. The van der Waals surface area contributed by atoms with E-state index in [1.54, 1.807) is 0 Å². The van der Waals surface area contributed by atoms with Gasteiger partial charge >= 0.3 is 379 Å². The van der Waals surface area contributed by atoms with Crippen molar-refractivity contribution in [1.82, 2.24) is 19.5 Å². The van der Waals surface area contributed by atoms with Crippen LogP contribution in [0.15, 0.2) is 231 Å². The number of hydrogen-bond donors (Lipinski definition) is 0. The van der Waals surface area contributed by atoms with Crippen LogP contribution in [0.3, 0.4) is 0 Å². The number of rotatable bonds is 9. The molecule has 0 fully saturated rings. The maximum atomic E-state index is 5.24. The summed E-state index contributed by atoms with van der Waals surface area (Å²) in [5.41, 5.74) is 11.0. The normalized spacial score (nSPS) is 11.6. The summed E-state index contributed by atoms with van der Waals surface area (Å²) in [4.78, 5) is 15.5. The van der Waals surface area contributed by atoms with Gasteiger partial charge in [0.25, 0.3) is 0 Å². The Morgan fingerprint density at radius 3 is 1.22 bits per heavy atom. The number of aryl methyl sites for hydroxylation is 2. The van der Waals surface area contributed by atoms with E-state index in [-0.39, 0.29) is 0 Å². The van der Waals surface area contributed by atoms with Crippen molar-refractivity contribution in [2.75, 3.05) is 0 Å². The van der Waals surface area contributed by atoms with E-state index in [2.05, 4.69) is 213 Å². The summed E-state index contributed by atoms with van der Waals surface area (Å²) < 4.78 is 7.92. The molecule has 0 amide bonds. The third-order valence-corrected chi connectivity index (χ3v) is 22.7. The molecule has 0 radical (unpaired) electrons. The van der Waals surface area contributed by atoms with E-state index in [0.717, 1.165) is 39.0 Å². The van der Waals surface area contributed by atoms with Crippen molar-refractivity contribution in [1.29, 1.82) is 0 Å². The molecule has 0 aliphatic heterocycles. The fourth-order valence-electron chi connectivity index (χ4n) is 9.61. The Kier molecular flexibility index (Phi) is 10.1. The Bertz CT molecular complexity index is 3230. The molecule has 2 heterocycles. The van der Waals surface area contributed by atoms with E-state index >= 15 is 0 Å². The minimum atomic E-state index is -3.82. The summed E-state index contributed by atoms with van der Waals surface area (Å²) in [5, 5.41) is 2.48. The molecule has 64 heavy (non-hydrogen) atoms. The van der Waals surface area contributed by atoms with E-state index in [4.69, 9.17) is 15.0 Å². The van der Waals surface area contributed by atoms with Gasteiger partial charge in [0.2, 0.25) is 0 Å². The number of nitrogens with zero attached hydrogens (tertiary/aromatic N) is 4. The third-order valence-electron chi connectivity index (χ3n) is 12.5. The molecule has 0 saturated heterocycles. The fourth-order valence-corrected chi connectivity index (χ4v) is 20.1. The van der Waals surface area contributed by atoms with Crippen molar-refractivity contribution in [2.24, 2.45) is 0 Å². The molecule has 4 nitrogen and oxygen atoms in total. The topological polar surface area (TPSA) is 43.6 Å². The van der Waals surface area contributed by atoms with Crippen molar-refractivity contribution in [3.05, 3.63) is 242 Å². The Morgan fingerprint density at radius 2 is 0.750 bits per heavy atom. The minimum absolute atomic E-state index is 0.619. The van der Waals surface area contributed by atoms with Crippen LogP contribution >= 0.6 is 0 Å². The summed E-state index contributed by atoms with van der Waals surface area (Å²) in [6.45, 7) is 4.36. The summed E-state index contributed by atoms with van der Waals surface area (Å²) in [6.07, 6.45) is 0. The fraction of sp³-hybridized carbons (Fsp3) is 0.0339. The number of benzene rings is 9. The van der Waals surface area contributed by atoms with E-state index in [1.807, 2.05) is 36.4 Å². The van der Waals surface area contributed by atoms with Gasteiger partial charge in [-0.2, -0.15) is 0 Å². The first-order valence-corrected chi connectivity index (χ1v) is 26.1. The van der Waals surface area contributed by atoms with Gasteiger partial charge in [0.15, 0.2) is 0 Å². The van der Waals surface area contributed by atoms with Crippen LogP contribution in [0.1, 0.15) is 11.1 Å². The molecule has 0 spiro atoms. The molecule has 0 aliphatic carbocycles. The van der Waals surface area contributed by atoms with Gasteiger partial charge in [0, 0.05) is 0 Å². The Hall–Kier alpha value is -7.67. The molecule has 0 aliphatic rings. The van der Waals surface area contributed by atoms with Crippen molar-refractivity contribution in [3.8, 4) is 51.0 Å². The molecule has 2 aromatic heterocycles. The predicted molar refractivity (Wildman–Crippen MR) is 269 cm³/mol. The summed E-state index contributed by atoms with van der Waals surface area (Å²) in [5.74, 6) is 1.89. The maximum absolute atomic E-state index is 5.24. The van der Waals surface area contributed by atoms with E-state index in [1.165, 1.54) is 45.0 Å². The molecule has 9 aromatic carbocycles. The van der Waals surface area contributed by atoms with Gasteiger partial charge in [-0.05, 0) is 0 Å². The van der Waals surface area contributed by atoms with Gasteiger partial charge in [-0.25, -0.2) is 0 Å². The van der Waals surface area contributed by atoms with Crippen molar-refractivity contribution < 1.29 is 0 Å². The molecule has 304 valence electrons. The zero-order chi connectivity index (χ0) is 43.0. The van der Waals surface area contributed by atoms with Gasteiger partial charge in [-0.3, -0.25) is 0 Å². The van der Waals surface area contributed by atoms with Gasteiger partial charge in [-0.1, -0.05) is 0 Å². The Balaban J connectivity index is 1.26. The monoisotopic (exact) mass is 882 g/mol. The van der Waals surface area contributed by atoms with Crippen LogP contribution in [0.25, 0.3) is 72.8 Å². The number of fused-ring (bicyclic) bond motifs is 3. The standard InChI is InChI=1S/C59H44GeN4/c1-41-32-35-54-50(38-41)51-39-42(2)33-36-55(51)64(54)56-37-34-45(59-62-57(43-20-8-3-9-21-43)61-58(63-59)44-22-10-4-11-23-44)40-52(56)49-30-18-19-31-53(49)60(46-24-12-5-13-25-46,47-26-14-6-15-27-47)48-28-16-7-17-29-48/h3-40H,1-2H3. The number of aromatic nitrogens is 4. The van der Waals surface area contributed by atoms with Crippen LogP contribution in [-0.2, 0) is 0 Å². The molecule has 0 unspecified atom stereocenters. The van der Waals surface area contributed by atoms with Crippen LogP contribution in [0, 0.1) is 13.8 Å². The van der Waals surface area contributed by atoms with Crippen LogP contribution in [-0.4, -0.2) is 32.8 Å². The second-order valence-electron chi connectivity index (χ2n) is 16.5. The first-order chi connectivity index (χ1) is 31.6. The van der Waals surface area contributed by atoms with Crippen LogP contribution < -0.4 is 17.6 Å². The molecule has 0 bridgehead atoms. The second kappa shape index (κ2) is 16.6. The van der Waals surface area contributed by atoms with Crippen molar-refractivity contribution >= 4 is 52.7 Å². The molecule has 0 N–H and O–H groups in total. The SMILES string of the molecule is Cc1ccc2c(c1)c1cc(C)ccc1n2-c1ccc(-c2nc(-c3ccccc3)nc(-c3ccccc3)n2)cc1-c1cccc[c]1[Ge]([c]1ccccc1)([c]1ccccc1)[c]1ccccc1. The molecule has 0 saturated carbocycles. The van der Waals surface area contributed by atoms with Crippen molar-refractivity contribution in [3.63, 3.8) is 0 Å². The molecule has 11 aromatic rings. The second-order valence-corrected chi connectivity index (χ2v) is 24.5. The first kappa shape index (κ1) is 39.2. The average molecular weight is 882 g/mol. The molecule has 11 rings (SSSR count). The summed E-state index contributed by atoms with van der Waals surface area (Å²) >= 11 is -3.82. The van der Waals surface area contributed by atoms with E-state index in [0.29, 0.717) is 17.5 Å². The van der Waals surface area contributed by atoms with Crippen LogP contribution in [0.5, 0.6) is 0 Å². The van der Waals surface area contributed by atoms with Gasteiger partial charge in [-0.15, -0.1) is 0 Å². The zero-order valence-corrected chi connectivity index (χ0v) is 37.8. The van der Waals surface area contributed by atoms with E-state index < -0.39 is 13.3 Å². The summed E-state index contributed by atoms with van der Waals surface area (Å²) in [7, 11) is 0. The van der Waals surface area contributed by atoms with Crippen LogP contribution in [0.2, 0.25) is 0 Å². The van der Waals surface area contributed by atoms with Gasteiger partial charge < -0.3 is 0 Å². The molecule has 0 atom stereocenters. The zero-order valence-electron chi connectivity index (χ0n) is 35.7. The molecular formula is C59H44GeN4. The molecule has 5 heteroatoms. The van der Waals surface area contributed by atoms with Gasteiger partial charge in [0.05, 0.1) is 0 Å².